The molecule has 0 aliphatic rings. The van der Waals surface area contributed by atoms with Gasteiger partial charge in [0, 0.05) is 0 Å². The predicted octanol–water partition coefficient (Wildman–Crippen LogP) is -0.274. The molecular weight excluding hydrogens is 110 g/mol. The molecule has 0 fully saturated rings. The predicted molar refractivity (Wildman–Crippen MR) is 18.6 cm³/mol. The van der Waals surface area contributed by atoms with Crippen molar-refractivity contribution in [1.29, 1.82) is 0 Å². The van der Waals surface area contributed by atoms with Crippen molar-refractivity contribution in [2.24, 2.45) is 3.77 Å². The van der Waals surface area contributed by atoms with E-state index in [1.54, 1.807) is 0 Å². The highest BCUT2D eigenvalue weighted by Crippen LogP contribution is 1.47. The zero-order chi connectivity index (χ0) is 4.12. The summed E-state index contributed by atoms with van der Waals surface area (Å²) in [6, 6.07) is 0. The van der Waals surface area contributed by atoms with Crippen molar-refractivity contribution < 1.29 is 8.42 Å². The average molecular weight is 110 g/mol. The van der Waals surface area contributed by atoms with Gasteiger partial charge in [-0.15, -0.1) is 0 Å². The molecule has 28 valence electrons. The molecule has 0 radical (unpaired) electrons. The maximum Gasteiger partial charge on any atom is 0.667 e. The molecule has 0 aliphatic heterocycles. The molecular formula is NO2S2+. The van der Waals surface area contributed by atoms with E-state index in [9.17, 15) is 0 Å². The minimum Gasteiger partial charge on any atom is -0.186 e. The van der Waals surface area contributed by atoms with Crippen LogP contribution >= 0.6 is 0 Å². The summed E-state index contributed by atoms with van der Waals surface area (Å²) in [5.41, 5.74) is 0. The van der Waals surface area contributed by atoms with Crippen LogP contribution in [-0.4, -0.2) is 4.21 Å². The van der Waals surface area contributed by atoms with Crippen LogP contribution in [0, 0.1) is 0 Å². The van der Waals surface area contributed by atoms with Crippen LogP contribution < -0.4 is 0 Å². The van der Waals surface area contributed by atoms with Gasteiger partial charge in [-0.1, -0.05) is 0 Å². The Hall–Kier alpha value is -0.160. The highest BCUT2D eigenvalue weighted by molar-refractivity contribution is 7.72. The average Bonchev–Trinajstić information content (AvgIpc) is 1.41. The Morgan fingerprint density at radius 2 is 2.40 bits per heavy atom. The summed E-state index contributed by atoms with van der Waals surface area (Å²) in [5, 5.41) is 0. The molecule has 0 bridgehead atoms. The van der Waals surface area contributed by atoms with Gasteiger partial charge in [-0.3, -0.25) is 0 Å². The summed E-state index contributed by atoms with van der Waals surface area (Å²) in [5.74, 6) is 0. The van der Waals surface area contributed by atoms with Crippen LogP contribution in [0.5, 0.6) is 0 Å². The van der Waals surface area contributed by atoms with Gasteiger partial charge in [0.05, 0.1) is 4.21 Å². The molecule has 0 heterocycles. The van der Waals surface area contributed by atoms with Gasteiger partial charge in [0.25, 0.3) is 11.5 Å². The maximum absolute atomic E-state index is 9.06. The second kappa shape index (κ2) is 3.84. The van der Waals surface area contributed by atoms with E-state index in [0.717, 1.165) is 0 Å². The lowest BCUT2D eigenvalue weighted by atomic mass is 13.9. The van der Waals surface area contributed by atoms with Gasteiger partial charge >= 0.3 is 11.9 Å². The van der Waals surface area contributed by atoms with Gasteiger partial charge < -0.3 is 0 Å². The van der Waals surface area contributed by atoms with Crippen molar-refractivity contribution in [2.45, 2.75) is 0 Å². The van der Waals surface area contributed by atoms with Crippen LogP contribution in [-0.2, 0) is 27.5 Å². The Kier molecular flexibility index (Phi) is 3.72. The molecule has 3 nitrogen and oxygen atoms in total. The third-order valence-electron chi connectivity index (χ3n) is 0.0609. The lowest BCUT2D eigenvalue weighted by molar-refractivity contribution is 0.606. The summed E-state index contributed by atoms with van der Waals surface area (Å²) in [7, 11) is 0. The third kappa shape index (κ3) is 3.84. The fourth-order valence-electron chi connectivity index (χ4n) is 0.0124. The van der Waals surface area contributed by atoms with E-state index in [1.807, 2.05) is 0 Å². The van der Waals surface area contributed by atoms with Crippen molar-refractivity contribution in [1.82, 2.24) is 0 Å². The normalized spacial score (nSPS) is 5.60. The highest BCUT2D eigenvalue weighted by Gasteiger charge is 1.79. The van der Waals surface area contributed by atoms with Gasteiger partial charge in [0.2, 0.25) is 0 Å². The van der Waals surface area contributed by atoms with Crippen LogP contribution in [0.4, 0.5) is 0 Å². The SMILES string of the molecule is O=S=N[S+]=O. The van der Waals surface area contributed by atoms with E-state index in [2.05, 4.69) is 3.77 Å². The minimum absolute atomic E-state index is 0.0729. The van der Waals surface area contributed by atoms with Crippen LogP contribution in [0.2, 0.25) is 0 Å². The lowest BCUT2D eigenvalue weighted by Gasteiger charge is -1.13. The number of hydrogen-bond donors (Lipinski definition) is 0. The van der Waals surface area contributed by atoms with Crippen LogP contribution in [0.1, 0.15) is 0 Å². The topological polar surface area (TPSA) is 46.5 Å². The Balaban J connectivity index is 3.31. The van der Waals surface area contributed by atoms with E-state index in [4.69, 9.17) is 8.42 Å². The quantitative estimate of drug-likeness (QED) is 0.344. The molecule has 0 amide bonds. The maximum atomic E-state index is 9.06. The molecule has 0 aromatic heterocycles. The first-order valence-corrected chi connectivity index (χ1v) is 2.10. The standard InChI is InChI=1S/NO2S2/c2-4-1-5-3/q+1. The Morgan fingerprint density at radius 1 is 1.80 bits per heavy atom. The molecule has 0 saturated carbocycles. The van der Waals surface area contributed by atoms with Gasteiger partial charge in [0.1, 0.15) is 0 Å². The van der Waals surface area contributed by atoms with Crippen molar-refractivity contribution in [3.05, 3.63) is 0 Å². The van der Waals surface area contributed by atoms with Gasteiger partial charge in [-0.05, 0) is 0 Å². The molecule has 0 aromatic carbocycles. The second-order valence-corrected chi connectivity index (χ2v) is 1.12. The van der Waals surface area contributed by atoms with Crippen molar-refractivity contribution in [2.75, 3.05) is 0 Å². The Morgan fingerprint density at radius 3 is 2.40 bits per heavy atom. The highest BCUT2D eigenvalue weighted by atomic mass is 32.2. The third-order valence-corrected chi connectivity index (χ3v) is 0.548. The molecule has 0 N–H and O–H groups in total. The van der Waals surface area contributed by atoms with Gasteiger partial charge in [-0.25, -0.2) is 0 Å². The lowest BCUT2D eigenvalue weighted by Crippen LogP contribution is -1.38. The molecule has 0 unspecified atom stereocenters. The summed E-state index contributed by atoms with van der Waals surface area (Å²) in [6.07, 6.45) is 0. The molecule has 0 aromatic rings. The molecule has 5 heavy (non-hydrogen) atoms. The molecule has 0 aliphatic carbocycles. The molecule has 5 heteroatoms. The first-order valence-electron chi connectivity index (χ1n) is 0.698. The Labute approximate surface area is 36.3 Å². The zero-order valence-electron chi connectivity index (χ0n) is 2.08. The molecule has 0 atom stereocenters. The van der Waals surface area contributed by atoms with Crippen molar-refractivity contribution >= 4 is 23.3 Å². The van der Waals surface area contributed by atoms with Gasteiger partial charge in [-0.2, -0.15) is 4.21 Å². The van der Waals surface area contributed by atoms with E-state index >= 15 is 0 Å². The van der Waals surface area contributed by atoms with Crippen LogP contribution in [0.15, 0.2) is 3.77 Å². The summed E-state index contributed by atoms with van der Waals surface area (Å²) in [4.78, 5) is 0. The van der Waals surface area contributed by atoms with E-state index in [1.165, 1.54) is 0 Å². The molecule has 0 saturated heterocycles. The minimum atomic E-state index is -0.0729. The summed E-state index contributed by atoms with van der Waals surface area (Å²) in [6.45, 7) is 0. The fraction of sp³-hybridized carbons (Fsp3) is 0. The fourth-order valence-corrected chi connectivity index (χ4v) is 0.112. The monoisotopic (exact) mass is 110 g/mol. The number of hydrogen-bond acceptors (Lipinski definition) is 2. The first-order chi connectivity index (χ1) is 2.41. The van der Waals surface area contributed by atoms with E-state index in [0.29, 0.717) is 0 Å². The number of rotatable bonds is 1. The zero-order valence-corrected chi connectivity index (χ0v) is 3.71. The van der Waals surface area contributed by atoms with E-state index in [-0.39, 0.29) is 23.3 Å². The number of nitrogens with zero attached hydrogens (tertiary/aromatic N) is 1. The van der Waals surface area contributed by atoms with Crippen LogP contribution in [0.25, 0.3) is 0 Å². The largest absolute Gasteiger partial charge is 0.667 e. The summed E-state index contributed by atoms with van der Waals surface area (Å²) >= 11 is -0.146. The van der Waals surface area contributed by atoms with E-state index < -0.39 is 0 Å². The second-order valence-electron chi connectivity index (χ2n) is 0.224. The van der Waals surface area contributed by atoms with Crippen molar-refractivity contribution in [3.63, 3.8) is 0 Å². The van der Waals surface area contributed by atoms with Crippen molar-refractivity contribution in [3.8, 4) is 0 Å². The van der Waals surface area contributed by atoms with Crippen LogP contribution in [0.3, 0.4) is 0 Å². The first kappa shape index (κ1) is 4.84. The molecule has 0 rings (SSSR count). The van der Waals surface area contributed by atoms with Gasteiger partial charge in [0.15, 0.2) is 3.77 Å². The Bertz CT molecular complexity index is 71.7. The smallest absolute Gasteiger partial charge is 0.186 e. The summed E-state index contributed by atoms with van der Waals surface area (Å²) < 4.78 is 20.8. The molecule has 0 spiro atoms.